The fraction of sp³-hybridized carbons (Fsp3) is 0.0667. The van der Waals surface area contributed by atoms with Gasteiger partial charge in [-0.05, 0) is 30.3 Å². The maximum absolute atomic E-state index is 9.04. The highest BCUT2D eigenvalue weighted by atomic mass is 35.5. The van der Waals surface area contributed by atoms with Gasteiger partial charge in [0.2, 0.25) is 0 Å². The smallest absolute Gasteiger partial charge is 0.137 e. The van der Waals surface area contributed by atoms with Gasteiger partial charge in [-0.25, -0.2) is 4.98 Å². The lowest BCUT2D eigenvalue weighted by Crippen LogP contribution is -1.93. The molecular formula is C15H9Cl2N3. The van der Waals surface area contributed by atoms with Crippen molar-refractivity contribution in [1.29, 1.82) is 5.26 Å². The zero-order valence-corrected chi connectivity index (χ0v) is 11.9. The molecule has 0 aliphatic heterocycles. The van der Waals surface area contributed by atoms with E-state index in [1.54, 1.807) is 12.1 Å². The summed E-state index contributed by atoms with van der Waals surface area (Å²) >= 11 is 12.2. The molecule has 3 rings (SSSR count). The molecule has 5 heteroatoms. The highest BCUT2D eigenvalue weighted by Crippen LogP contribution is 2.32. The molecule has 1 aromatic carbocycles. The number of fused-ring (bicyclic) bond motifs is 1. The van der Waals surface area contributed by atoms with Crippen LogP contribution in [0.2, 0.25) is 10.0 Å². The van der Waals surface area contributed by atoms with Crippen LogP contribution in [0, 0.1) is 11.3 Å². The van der Waals surface area contributed by atoms with Crippen molar-refractivity contribution in [2.45, 2.75) is 6.42 Å². The number of aromatic nitrogens is 2. The molecular weight excluding hydrogens is 293 g/mol. The quantitative estimate of drug-likeness (QED) is 0.705. The summed E-state index contributed by atoms with van der Waals surface area (Å²) in [5, 5.41) is 10.1. The van der Waals surface area contributed by atoms with Gasteiger partial charge in [0, 0.05) is 16.8 Å². The molecule has 0 spiro atoms. The van der Waals surface area contributed by atoms with Gasteiger partial charge in [0.05, 0.1) is 28.9 Å². The predicted molar refractivity (Wildman–Crippen MR) is 80.0 cm³/mol. The SMILES string of the molecule is N#CCc1c(-c2ccc(Cl)cc2Cl)nc2ccccn12. The van der Waals surface area contributed by atoms with E-state index < -0.39 is 0 Å². The summed E-state index contributed by atoms with van der Waals surface area (Å²) in [4.78, 5) is 4.58. The first-order valence-corrected chi connectivity index (χ1v) is 6.74. The monoisotopic (exact) mass is 301 g/mol. The Bertz CT molecular complexity index is 831. The molecule has 0 unspecified atom stereocenters. The average Bonchev–Trinajstić information content (AvgIpc) is 2.78. The van der Waals surface area contributed by atoms with Crippen LogP contribution < -0.4 is 0 Å². The van der Waals surface area contributed by atoms with Crippen molar-refractivity contribution in [2.24, 2.45) is 0 Å². The average molecular weight is 302 g/mol. The van der Waals surface area contributed by atoms with Gasteiger partial charge in [0.15, 0.2) is 0 Å². The molecule has 0 N–H and O–H groups in total. The maximum atomic E-state index is 9.04. The van der Waals surface area contributed by atoms with Crippen molar-refractivity contribution < 1.29 is 0 Å². The number of pyridine rings is 1. The van der Waals surface area contributed by atoms with Crippen molar-refractivity contribution in [3.8, 4) is 17.3 Å². The minimum Gasteiger partial charge on any atom is -0.302 e. The Hall–Kier alpha value is -2.02. The molecule has 0 aliphatic carbocycles. The molecule has 20 heavy (non-hydrogen) atoms. The summed E-state index contributed by atoms with van der Waals surface area (Å²) in [6.45, 7) is 0. The van der Waals surface area contributed by atoms with Crippen LogP contribution in [0.4, 0.5) is 0 Å². The molecule has 0 saturated carbocycles. The summed E-state index contributed by atoms with van der Waals surface area (Å²) in [7, 11) is 0. The normalized spacial score (nSPS) is 10.7. The third kappa shape index (κ3) is 2.14. The minimum atomic E-state index is 0.263. The first-order chi connectivity index (χ1) is 9.70. The van der Waals surface area contributed by atoms with E-state index in [1.165, 1.54) is 0 Å². The van der Waals surface area contributed by atoms with Crippen LogP contribution in [0.25, 0.3) is 16.9 Å². The van der Waals surface area contributed by atoms with Crippen LogP contribution in [0.1, 0.15) is 5.69 Å². The van der Waals surface area contributed by atoms with E-state index in [2.05, 4.69) is 11.1 Å². The van der Waals surface area contributed by atoms with Gasteiger partial charge in [0.1, 0.15) is 5.65 Å². The van der Waals surface area contributed by atoms with Crippen LogP contribution in [0.15, 0.2) is 42.6 Å². The van der Waals surface area contributed by atoms with Crippen LogP contribution in [0.3, 0.4) is 0 Å². The van der Waals surface area contributed by atoms with E-state index in [9.17, 15) is 0 Å². The van der Waals surface area contributed by atoms with Gasteiger partial charge < -0.3 is 4.40 Å². The molecule has 0 radical (unpaired) electrons. The van der Waals surface area contributed by atoms with Crippen molar-refractivity contribution in [1.82, 2.24) is 9.38 Å². The summed E-state index contributed by atoms with van der Waals surface area (Å²) in [5.41, 5.74) is 3.12. The summed E-state index contributed by atoms with van der Waals surface area (Å²) in [6, 6.07) is 13.2. The Balaban J connectivity index is 2.30. The number of imidazole rings is 1. The summed E-state index contributed by atoms with van der Waals surface area (Å²) in [6.07, 6.45) is 2.15. The Morgan fingerprint density at radius 1 is 1.20 bits per heavy atom. The van der Waals surface area contributed by atoms with Crippen molar-refractivity contribution in [3.63, 3.8) is 0 Å². The van der Waals surface area contributed by atoms with Crippen LogP contribution in [-0.4, -0.2) is 9.38 Å². The fourth-order valence-electron chi connectivity index (χ4n) is 2.19. The molecule has 2 aromatic heterocycles. The predicted octanol–water partition coefficient (Wildman–Crippen LogP) is 4.37. The number of nitriles is 1. The molecule has 0 aliphatic rings. The zero-order chi connectivity index (χ0) is 14.1. The number of halogens is 2. The molecule has 2 heterocycles. The van der Waals surface area contributed by atoms with Gasteiger partial charge >= 0.3 is 0 Å². The molecule has 0 bridgehead atoms. The Morgan fingerprint density at radius 3 is 2.80 bits per heavy atom. The van der Waals surface area contributed by atoms with E-state index in [-0.39, 0.29) is 6.42 Å². The molecule has 98 valence electrons. The highest BCUT2D eigenvalue weighted by molar-refractivity contribution is 6.36. The third-order valence-electron chi connectivity index (χ3n) is 3.06. The number of benzene rings is 1. The van der Waals surface area contributed by atoms with Crippen molar-refractivity contribution >= 4 is 28.8 Å². The topological polar surface area (TPSA) is 41.1 Å². The Labute approximate surface area is 126 Å². The summed E-state index contributed by atoms with van der Waals surface area (Å²) < 4.78 is 1.91. The first kappa shape index (κ1) is 13.0. The van der Waals surface area contributed by atoms with Crippen molar-refractivity contribution in [3.05, 3.63) is 58.3 Å². The van der Waals surface area contributed by atoms with Crippen LogP contribution in [-0.2, 0) is 6.42 Å². The molecule has 3 nitrogen and oxygen atoms in total. The minimum absolute atomic E-state index is 0.263. The second-order valence-corrected chi connectivity index (χ2v) is 5.14. The van der Waals surface area contributed by atoms with Gasteiger partial charge in [-0.2, -0.15) is 5.26 Å². The molecule has 3 aromatic rings. The second-order valence-electron chi connectivity index (χ2n) is 4.30. The largest absolute Gasteiger partial charge is 0.302 e. The van der Waals surface area contributed by atoms with Gasteiger partial charge in [0.25, 0.3) is 0 Å². The van der Waals surface area contributed by atoms with E-state index in [0.29, 0.717) is 10.0 Å². The molecule has 0 saturated heterocycles. The number of hydrogen-bond acceptors (Lipinski definition) is 2. The third-order valence-corrected chi connectivity index (χ3v) is 3.61. The first-order valence-electron chi connectivity index (χ1n) is 5.99. The standard InChI is InChI=1S/C15H9Cl2N3/c16-10-4-5-11(12(17)9-10)15-13(6-7-18)20-8-2-1-3-14(20)19-15/h1-5,8-9H,6H2. The fourth-order valence-corrected chi connectivity index (χ4v) is 2.69. The molecule has 0 amide bonds. The zero-order valence-electron chi connectivity index (χ0n) is 10.3. The van der Waals surface area contributed by atoms with E-state index in [4.69, 9.17) is 28.5 Å². The van der Waals surface area contributed by atoms with E-state index in [0.717, 1.165) is 22.6 Å². The van der Waals surface area contributed by atoms with Gasteiger partial charge in [-0.1, -0.05) is 29.3 Å². The second kappa shape index (κ2) is 5.16. The number of hydrogen-bond donors (Lipinski definition) is 0. The lowest BCUT2D eigenvalue weighted by molar-refractivity contribution is 1.06. The number of rotatable bonds is 2. The van der Waals surface area contributed by atoms with Gasteiger partial charge in [-0.15, -0.1) is 0 Å². The highest BCUT2D eigenvalue weighted by Gasteiger charge is 2.15. The molecule has 0 atom stereocenters. The summed E-state index contributed by atoms with van der Waals surface area (Å²) in [5.74, 6) is 0. The molecule has 0 fully saturated rings. The van der Waals surface area contributed by atoms with E-state index >= 15 is 0 Å². The lowest BCUT2D eigenvalue weighted by atomic mass is 10.1. The van der Waals surface area contributed by atoms with E-state index in [1.807, 2.05) is 34.9 Å². The van der Waals surface area contributed by atoms with Crippen LogP contribution >= 0.6 is 23.2 Å². The van der Waals surface area contributed by atoms with Crippen molar-refractivity contribution in [2.75, 3.05) is 0 Å². The Morgan fingerprint density at radius 2 is 2.05 bits per heavy atom. The Kier molecular flexibility index (Phi) is 3.35. The van der Waals surface area contributed by atoms with Gasteiger partial charge in [-0.3, -0.25) is 0 Å². The lowest BCUT2D eigenvalue weighted by Gasteiger charge is -2.04. The van der Waals surface area contributed by atoms with Crippen LogP contribution in [0.5, 0.6) is 0 Å². The maximum Gasteiger partial charge on any atom is 0.137 e. The number of nitrogens with zero attached hydrogens (tertiary/aromatic N) is 3.